The number of methoxy groups -OCH3 is 1. The first-order chi connectivity index (χ1) is 15.4. The van der Waals surface area contributed by atoms with Crippen molar-refractivity contribution in [1.82, 2.24) is 5.32 Å². The minimum absolute atomic E-state index is 0.0857. The molecular weight excluding hydrogens is 422 g/mol. The Bertz CT molecular complexity index is 1090. The van der Waals surface area contributed by atoms with Gasteiger partial charge in [-0.05, 0) is 66.2 Å². The molecule has 2 amide bonds. The van der Waals surface area contributed by atoms with Gasteiger partial charge in [-0.3, -0.25) is 9.59 Å². The smallest absolute Gasteiger partial charge is 0.387 e. The normalized spacial score (nSPS) is 10.5. The maximum absolute atomic E-state index is 12.4. The molecule has 3 aromatic rings. The number of alkyl halides is 2. The predicted octanol–water partition coefficient (Wildman–Crippen LogP) is 4.12. The molecule has 0 aliphatic heterocycles. The second-order valence-electron chi connectivity index (χ2n) is 6.56. The van der Waals surface area contributed by atoms with E-state index in [1.165, 1.54) is 19.2 Å². The Hall–Kier alpha value is -4.14. The molecule has 0 aliphatic rings. The number of nitrogens with one attached hydrogen (secondary N) is 1. The first kappa shape index (κ1) is 22.5. The molecule has 0 unspecified atom stereocenters. The van der Waals surface area contributed by atoms with Crippen LogP contribution in [0.25, 0.3) is 0 Å². The summed E-state index contributed by atoms with van der Waals surface area (Å²) in [5.74, 6) is 0.227. The molecule has 3 N–H and O–H groups in total. The number of amides is 2. The highest BCUT2D eigenvalue weighted by Crippen LogP contribution is 2.29. The minimum atomic E-state index is -2.96. The van der Waals surface area contributed by atoms with Crippen molar-refractivity contribution in [1.29, 1.82) is 0 Å². The number of carbonyl (C=O) groups is 2. The van der Waals surface area contributed by atoms with Crippen LogP contribution in [0, 0.1) is 0 Å². The number of halogens is 2. The van der Waals surface area contributed by atoms with Crippen LogP contribution in [-0.2, 0) is 6.54 Å². The van der Waals surface area contributed by atoms with Crippen LogP contribution in [0.5, 0.6) is 23.0 Å². The fourth-order valence-corrected chi connectivity index (χ4v) is 2.80. The first-order valence-electron chi connectivity index (χ1n) is 9.43. The standard InChI is InChI=1S/C23H20F2N2O5/c1-30-20-12-14(2-11-19(20)32-23(24)25)13-27-22(29)16-5-9-18(10-6-16)31-17-7-3-15(4-8-17)21(26)28/h2-12,23H,13H2,1H3,(H2,26,28)(H,27,29). The van der Waals surface area contributed by atoms with Crippen LogP contribution in [-0.4, -0.2) is 25.5 Å². The van der Waals surface area contributed by atoms with Gasteiger partial charge in [0.25, 0.3) is 5.91 Å². The van der Waals surface area contributed by atoms with E-state index in [1.54, 1.807) is 54.6 Å². The summed E-state index contributed by atoms with van der Waals surface area (Å²) in [4.78, 5) is 23.5. The van der Waals surface area contributed by atoms with Crippen molar-refractivity contribution in [2.45, 2.75) is 13.2 Å². The van der Waals surface area contributed by atoms with E-state index in [-0.39, 0.29) is 24.0 Å². The van der Waals surface area contributed by atoms with E-state index in [2.05, 4.69) is 10.1 Å². The third kappa shape index (κ3) is 5.94. The molecule has 0 fully saturated rings. The molecule has 0 bridgehead atoms. The van der Waals surface area contributed by atoms with E-state index in [0.717, 1.165) is 0 Å². The molecular formula is C23H20F2N2O5. The lowest BCUT2D eigenvalue weighted by Crippen LogP contribution is -2.22. The molecule has 0 heterocycles. The average Bonchev–Trinajstić information content (AvgIpc) is 2.78. The third-order valence-corrected chi connectivity index (χ3v) is 4.39. The highest BCUT2D eigenvalue weighted by Gasteiger charge is 2.12. The molecule has 7 nitrogen and oxygen atoms in total. The van der Waals surface area contributed by atoms with E-state index in [9.17, 15) is 18.4 Å². The van der Waals surface area contributed by atoms with Crippen LogP contribution in [0.4, 0.5) is 8.78 Å². The highest BCUT2D eigenvalue weighted by atomic mass is 19.3. The van der Waals surface area contributed by atoms with Crippen molar-refractivity contribution in [3.8, 4) is 23.0 Å². The fourth-order valence-electron chi connectivity index (χ4n) is 2.80. The van der Waals surface area contributed by atoms with Gasteiger partial charge in [-0.15, -0.1) is 0 Å². The van der Waals surface area contributed by atoms with E-state index in [0.29, 0.717) is 28.2 Å². The van der Waals surface area contributed by atoms with E-state index in [4.69, 9.17) is 15.2 Å². The van der Waals surface area contributed by atoms with Crippen LogP contribution in [0.3, 0.4) is 0 Å². The summed E-state index contributed by atoms with van der Waals surface area (Å²) < 4.78 is 39.9. The highest BCUT2D eigenvalue weighted by molar-refractivity contribution is 5.94. The predicted molar refractivity (Wildman–Crippen MR) is 112 cm³/mol. The maximum atomic E-state index is 12.4. The summed E-state index contributed by atoms with van der Waals surface area (Å²) in [6.45, 7) is -2.80. The molecule has 0 spiro atoms. The van der Waals surface area contributed by atoms with Crippen molar-refractivity contribution in [2.75, 3.05) is 7.11 Å². The van der Waals surface area contributed by atoms with E-state index < -0.39 is 12.5 Å². The number of ether oxygens (including phenoxy) is 3. The zero-order valence-corrected chi connectivity index (χ0v) is 17.0. The van der Waals surface area contributed by atoms with Crippen molar-refractivity contribution in [3.05, 3.63) is 83.4 Å². The summed E-state index contributed by atoms with van der Waals surface area (Å²) >= 11 is 0. The van der Waals surface area contributed by atoms with Crippen LogP contribution in [0.15, 0.2) is 66.7 Å². The topological polar surface area (TPSA) is 99.9 Å². The second kappa shape index (κ2) is 10.3. The summed E-state index contributed by atoms with van der Waals surface area (Å²) in [7, 11) is 1.34. The number of carbonyl (C=O) groups excluding carboxylic acids is 2. The zero-order valence-electron chi connectivity index (χ0n) is 17.0. The summed E-state index contributed by atoms with van der Waals surface area (Å²) in [5.41, 5.74) is 6.64. The molecule has 166 valence electrons. The number of nitrogens with two attached hydrogens (primary N) is 1. The van der Waals surface area contributed by atoms with Gasteiger partial charge in [0.2, 0.25) is 5.91 Å². The number of rotatable bonds is 9. The van der Waals surface area contributed by atoms with Crippen molar-refractivity contribution >= 4 is 11.8 Å². The lowest BCUT2D eigenvalue weighted by atomic mass is 10.1. The monoisotopic (exact) mass is 442 g/mol. The summed E-state index contributed by atoms with van der Waals surface area (Å²) in [6, 6.07) is 17.2. The molecule has 0 aliphatic carbocycles. The van der Waals surface area contributed by atoms with Gasteiger partial charge in [0.05, 0.1) is 7.11 Å². The summed E-state index contributed by atoms with van der Waals surface area (Å²) in [6.07, 6.45) is 0. The number of hydrogen-bond donors (Lipinski definition) is 2. The molecule has 32 heavy (non-hydrogen) atoms. The first-order valence-corrected chi connectivity index (χ1v) is 9.43. The SMILES string of the molecule is COc1cc(CNC(=O)c2ccc(Oc3ccc(C(N)=O)cc3)cc2)ccc1OC(F)F. The Morgan fingerprint density at radius 2 is 1.50 bits per heavy atom. The van der Waals surface area contributed by atoms with Crippen molar-refractivity contribution in [3.63, 3.8) is 0 Å². The number of primary amides is 1. The molecule has 0 radical (unpaired) electrons. The molecule has 3 rings (SSSR count). The van der Waals surface area contributed by atoms with E-state index in [1.807, 2.05) is 0 Å². The Labute approximate surface area is 182 Å². The molecule has 0 saturated heterocycles. The Balaban J connectivity index is 1.58. The Kier molecular flexibility index (Phi) is 7.22. The number of benzene rings is 3. The van der Waals surface area contributed by atoms with E-state index >= 15 is 0 Å². The Morgan fingerprint density at radius 1 is 0.906 bits per heavy atom. The average molecular weight is 442 g/mol. The summed E-state index contributed by atoms with van der Waals surface area (Å²) in [5, 5.41) is 2.74. The Morgan fingerprint density at radius 3 is 2.03 bits per heavy atom. The molecule has 3 aromatic carbocycles. The zero-order chi connectivity index (χ0) is 23.1. The van der Waals surface area contributed by atoms with Crippen LogP contribution in [0.2, 0.25) is 0 Å². The van der Waals surface area contributed by atoms with Crippen LogP contribution >= 0.6 is 0 Å². The lowest BCUT2D eigenvalue weighted by molar-refractivity contribution is -0.0512. The van der Waals surface area contributed by atoms with Crippen molar-refractivity contribution in [2.24, 2.45) is 5.73 Å². The molecule has 0 aromatic heterocycles. The second-order valence-corrected chi connectivity index (χ2v) is 6.56. The van der Waals surface area contributed by atoms with Gasteiger partial charge in [-0.2, -0.15) is 8.78 Å². The molecule has 0 saturated carbocycles. The van der Waals surface area contributed by atoms with Crippen LogP contribution in [0.1, 0.15) is 26.3 Å². The molecule has 9 heteroatoms. The quantitative estimate of drug-likeness (QED) is 0.519. The van der Waals surface area contributed by atoms with Gasteiger partial charge in [-0.1, -0.05) is 6.07 Å². The lowest BCUT2D eigenvalue weighted by Gasteiger charge is -2.12. The van der Waals surface area contributed by atoms with Gasteiger partial charge in [0.15, 0.2) is 11.5 Å². The van der Waals surface area contributed by atoms with Crippen molar-refractivity contribution < 1.29 is 32.6 Å². The third-order valence-electron chi connectivity index (χ3n) is 4.39. The van der Waals surface area contributed by atoms with Gasteiger partial charge in [0, 0.05) is 17.7 Å². The van der Waals surface area contributed by atoms with Crippen LogP contribution < -0.4 is 25.3 Å². The fraction of sp³-hybridized carbons (Fsp3) is 0.130. The van der Waals surface area contributed by atoms with Gasteiger partial charge >= 0.3 is 6.61 Å². The van der Waals surface area contributed by atoms with Gasteiger partial charge in [0.1, 0.15) is 11.5 Å². The van der Waals surface area contributed by atoms with Gasteiger partial charge < -0.3 is 25.3 Å². The number of hydrogen-bond acceptors (Lipinski definition) is 5. The maximum Gasteiger partial charge on any atom is 0.387 e. The minimum Gasteiger partial charge on any atom is -0.493 e. The molecule has 0 atom stereocenters. The van der Waals surface area contributed by atoms with Gasteiger partial charge in [-0.25, -0.2) is 0 Å². The largest absolute Gasteiger partial charge is 0.493 e.